The average Bonchev–Trinajstić information content (AvgIpc) is 2.87. The van der Waals surface area contributed by atoms with Crippen molar-refractivity contribution in [3.63, 3.8) is 0 Å². The first-order valence-electron chi connectivity index (χ1n) is 28.0. The molecule has 37 nitrogen and oxygen atoms in total. The number of amides is 11. The zero-order valence-electron chi connectivity index (χ0n) is 49.3. The number of carbonyl (C=O) groups excluding carboxylic acids is 11. The topological polar surface area (TPSA) is 678 Å². The van der Waals surface area contributed by atoms with Gasteiger partial charge in [-0.1, -0.05) is 0 Å². The molecule has 0 heterocycles. The number of primary amides is 2. The van der Waals surface area contributed by atoms with Gasteiger partial charge in [0.25, 0.3) is 0 Å². The molecule has 37 heteroatoms. The highest BCUT2D eigenvalue weighted by Gasteiger charge is 2.35. The molecular weight excluding hydrogens is 1130 g/mol. The van der Waals surface area contributed by atoms with Crippen LogP contribution in [0, 0.1) is 0 Å². The van der Waals surface area contributed by atoms with Crippen LogP contribution in [0.2, 0.25) is 0 Å². The largest absolute Gasteiger partial charge is 0.391 e. The van der Waals surface area contributed by atoms with Crippen LogP contribution in [0.15, 0.2) is 20.0 Å². The van der Waals surface area contributed by atoms with Gasteiger partial charge in [-0.2, -0.15) is 0 Å². The van der Waals surface area contributed by atoms with Crippen LogP contribution in [0.4, 0.5) is 0 Å². The van der Waals surface area contributed by atoms with Crippen molar-refractivity contribution in [3.8, 4) is 0 Å². The molecule has 0 bridgehead atoms. The minimum Gasteiger partial charge on any atom is -0.391 e. The maximum absolute atomic E-state index is 14.5. The van der Waals surface area contributed by atoms with Gasteiger partial charge in [-0.05, 0) is 117 Å². The third-order valence-electron chi connectivity index (χ3n) is 12.4. The van der Waals surface area contributed by atoms with Gasteiger partial charge in [-0.3, -0.25) is 72.7 Å². The number of rotatable bonds is 45. The van der Waals surface area contributed by atoms with Crippen LogP contribution in [0.3, 0.4) is 0 Å². The van der Waals surface area contributed by atoms with Crippen LogP contribution in [0.5, 0.6) is 0 Å². The molecule has 0 saturated carbocycles. The van der Waals surface area contributed by atoms with E-state index < -0.39 is 132 Å². The molecule has 0 aliphatic carbocycles. The second-order valence-electron chi connectivity index (χ2n) is 20.0. The van der Waals surface area contributed by atoms with E-state index in [1.165, 1.54) is 20.8 Å². The van der Waals surface area contributed by atoms with E-state index in [1.54, 1.807) is 0 Å². The number of nitrogens with two attached hydrogens (primary N) is 12. The van der Waals surface area contributed by atoms with Gasteiger partial charge in [-0.25, -0.2) is 0 Å². The summed E-state index contributed by atoms with van der Waals surface area (Å²) in [5, 5.41) is 32.7. The maximum Gasteiger partial charge on any atom is 0.243 e. The number of nitrogens with zero attached hydrogens (tertiary/aromatic N) is 4. The van der Waals surface area contributed by atoms with Gasteiger partial charge >= 0.3 is 0 Å². The van der Waals surface area contributed by atoms with Crippen molar-refractivity contribution in [2.24, 2.45) is 88.8 Å². The summed E-state index contributed by atoms with van der Waals surface area (Å²) in [6.45, 7) is 4.09. The number of aliphatic imine (C=N–C) groups is 4. The fourth-order valence-electron chi connectivity index (χ4n) is 7.99. The molecule has 488 valence electrons. The molecule has 0 radical (unpaired) electrons. The molecule has 0 aromatic heterocycles. The lowest BCUT2D eigenvalue weighted by molar-refractivity contribution is -0.136. The molecule has 0 spiro atoms. The van der Waals surface area contributed by atoms with Gasteiger partial charge in [-0.15, -0.1) is 0 Å². The van der Waals surface area contributed by atoms with E-state index in [0.717, 1.165) is 0 Å². The molecular formula is C49H95N25O12. The summed E-state index contributed by atoms with van der Waals surface area (Å²) in [6, 6.07) is -13.1. The zero-order chi connectivity index (χ0) is 65.5. The third kappa shape index (κ3) is 34.7. The summed E-state index contributed by atoms with van der Waals surface area (Å²) in [7, 11) is 0. The number of carbonyl (C=O) groups is 11. The second kappa shape index (κ2) is 42.9. The van der Waals surface area contributed by atoms with Gasteiger partial charge < -0.3 is 122 Å². The molecule has 34 N–H and O–H groups in total. The summed E-state index contributed by atoms with van der Waals surface area (Å²) < 4.78 is 0. The highest BCUT2D eigenvalue weighted by molar-refractivity contribution is 5.99. The van der Waals surface area contributed by atoms with Crippen molar-refractivity contribution in [3.05, 3.63) is 0 Å². The lowest BCUT2D eigenvalue weighted by Crippen LogP contribution is -2.60. The van der Waals surface area contributed by atoms with E-state index >= 15 is 0 Å². The number of hydrogen-bond donors (Lipinski definition) is 22. The zero-order valence-corrected chi connectivity index (χ0v) is 49.3. The Hall–Kier alpha value is -8.87. The Balaban J connectivity index is 7.15. The Morgan fingerprint density at radius 1 is 0.360 bits per heavy atom. The number of guanidine groups is 4. The monoisotopic (exact) mass is 1230 g/mol. The smallest absolute Gasteiger partial charge is 0.243 e. The molecule has 0 rings (SSSR count). The van der Waals surface area contributed by atoms with Crippen molar-refractivity contribution in [2.45, 2.75) is 178 Å². The van der Waals surface area contributed by atoms with E-state index in [-0.39, 0.29) is 134 Å². The number of aliphatic hydroxyl groups excluding tert-OH is 1. The number of aliphatic hydroxyl groups is 1. The number of hydrogen-bond acceptors (Lipinski definition) is 18. The first-order valence-corrected chi connectivity index (χ1v) is 28.0. The van der Waals surface area contributed by atoms with E-state index in [1.807, 2.05) is 0 Å². The number of unbranched alkanes of at least 4 members (excludes halogenated alkanes) is 2. The van der Waals surface area contributed by atoms with Gasteiger partial charge in [0, 0.05) is 33.1 Å². The summed E-state index contributed by atoms with van der Waals surface area (Å²) in [5.41, 5.74) is 66.1. The number of nitrogens with one attached hydrogen (secondary N) is 9. The van der Waals surface area contributed by atoms with Crippen LogP contribution < -0.4 is 117 Å². The SMILES string of the molecule is CC(=O)N[C@@H](CCCN=C(N)N)C(=O)N[C@@H](C)C(=O)N[C@@H](CC(N)=O)C(=O)N[C@@H](CCCN=C(N)N)C(=O)N[C@@H](CCCN=C(N)N)C(=O)N[C@@H](CCCCN)C(=O)N[C@@H](CCCCN)C(=O)N[C@@H](CCCN=C(N)N)C(=O)N[C@H](C(N)=O)[C@@H](C)O. The highest BCUT2D eigenvalue weighted by atomic mass is 16.3. The second-order valence-corrected chi connectivity index (χ2v) is 20.0. The van der Waals surface area contributed by atoms with Crippen molar-refractivity contribution in [2.75, 3.05) is 39.3 Å². The van der Waals surface area contributed by atoms with E-state index in [9.17, 15) is 57.8 Å². The maximum atomic E-state index is 14.5. The Bertz CT molecular complexity index is 2340. The lowest BCUT2D eigenvalue weighted by Gasteiger charge is -2.28. The molecule has 0 aromatic carbocycles. The van der Waals surface area contributed by atoms with Gasteiger partial charge in [0.1, 0.15) is 54.4 Å². The molecule has 10 atom stereocenters. The van der Waals surface area contributed by atoms with Gasteiger partial charge in [0.2, 0.25) is 65.0 Å². The van der Waals surface area contributed by atoms with Crippen LogP contribution in [0.1, 0.15) is 117 Å². The van der Waals surface area contributed by atoms with Crippen molar-refractivity contribution in [1.82, 2.24) is 47.9 Å². The van der Waals surface area contributed by atoms with Crippen LogP contribution >= 0.6 is 0 Å². The fraction of sp³-hybridized carbons (Fsp3) is 0.694. The highest BCUT2D eigenvalue weighted by Crippen LogP contribution is 2.11. The summed E-state index contributed by atoms with van der Waals surface area (Å²) in [4.78, 5) is 164. The molecule has 0 fully saturated rings. The van der Waals surface area contributed by atoms with Crippen LogP contribution in [-0.2, 0) is 52.7 Å². The van der Waals surface area contributed by atoms with E-state index in [0.29, 0.717) is 19.3 Å². The lowest BCUT2D eigenvalue weighted by atomic mass is 10.0. The van der Waals surface area contributed by atoms with Crippen molar-refractivity contribution < 1.29 is 57.8 Å². The first-order chi connectivity index (χ1) is 40.4. The quantitative estimate of drug-likeness (QED) is 0.0153. The summed E-state index contributed by atoms with van der Waals surface area (Å²) in [5.74, 6) is -11.2. The Kier molecular flexibility index (Phi) is 38.4. The summed E-state index contributed by atoms with van der Waals surface area (Å²) >= 11 is 0. The van der Waals surface area contributed by atoms with Gasteiger partial charge in [0.05, 0.1) is 12.5 Å². The Morgan fingerprint density at radius 2 is 0.628 bits per heavy atom. The first kappa shape index (κ1) is 77.1. The molecule has 11 amide bonds. The van der Waals surface area contributed by atoms with E-state index in [2.05, 4.69) is 67.8 Å². The molecule has 0 aliphatic heterocycles. The molecule has 0 aromatic rings. The van der Waals surface area contributed by atoms with E-state index in [4.69, 9.17) is 68.8 Å². The molecule has 0 saturated heterocycles. The Morgan fingerprint density at radius 3 is 0.895 bits per heavy atom. The fourth-order valence-corrected chi connectivity index (χ4v) is 7.99. The predicted molar refractivity (Wildman–Crippen MR) is 319 cm³/mol. The summed E-state index contributed by atoms with van der Waals surface area (Å²) in [6.07, 6.45) is -0.981. The van der Waals surface area contributed by atoms with Gasteiger partial charge in [0.15, 0.2) is 23.8 Å². The van der Waals surface area contributed by atoms with Crippen LogP contribution in [-0.4, -0.2) is 194 Å². The molecule has 0 unspecified atom stereocenters. The van der Waals surface area contributed by atoms with Crippen molar-refractivity contribution >= 4 is 88.8 Å². The third-order valence-corrected chi connectivity index (χ3v) is 12.4. The predicted octanol–water partition coefficient (Wildman–Crippen LogP) is -10.4. The minimum absolute atomic E-state index is 0.0253. The molecule has 86 heavy (non-hydrogen) atoms. The Labute approximate surface area is 498 Å². The standard InChI is InChI=1S/C49H95N25O12/c1-25(66-39(80)28(67-27(3)76)14-8-20-62-46(54)55)38(79)73-34(24-35(52)77)45(86)72-32(16-10-22-64-48(58)59)43(84)70-31(15-9-21-63-47(56)57)42(83)69-29(12-4-6-18-50)40(81)68-30(13-5-7-19-51)41(82)71-33(17-11-23-65-49(60)61)44(85)74-36(26(2)75)37(53)78/h25-26,28-34,36,75H,4-24,50-51H2,1-3H3,(H2,52,77)(H2,53,78)(H,66,80)(H,67,76)(H,68,81)(H,69,83)(H,70,84)(H,71,82)(H,72,86)(H,73,79)(H,74,85)(H4,54,55,62)(H4,56,57,63)(H4,58,59,64)(H4,60,61,65)/t25-,26+,28-,29-,30-,31-,32-,33-,34-,36-/m0/s1. The average molecular weight is 1230 g/mol. The van der Waals surface area contributed by atoms with Crippen LogP contribution in [0.25, 0.3) is 0 Å². The normalized spacial score (nSPS) is 14.3. The minimum atomic E-state index is -1.76. The molecule has 0 aliphatic rings. The van der Waals surface area contributed by atoms with Crippen molar-refractivity contribution in [1.29, 1.82) is 0 Å².